The van der Waals surface area contributed by atoms with Crippen LogP contribution in [0.2, 0.25) is 0 Å². The van der Waals surface area contributed by atoms with Crippen LogP contribution in [0, 0.1) is 0 Å². The number of thiophene rings is 1. The maximum Gasteiger partial charge on any atom is 0.260 e. The first-order valence-electron chi connectivity index (χ1n) is 6.66. The number of pyridine rings is 1. The fourth-order valence-electron chi connectivity index (χ4n) is 2.51. The Bertz CT molecular complexity index is 1000. The number of hydrogen-bond donors (Lipinski definition) is 3. The van der Waals surface area contributed by atoms with Gasteiger partial charge in [0.25, 0.3) is 5.56 Å². The molecule has 3 heterocycles. The zero-order valence-corrected chi connectivity index (χ0v) is 12.1. The van der Waals surface area contributed by atoms with E-state index in [1.165, 1.54) is 11.3 Å². The van der Waals surface area contributed by atoms with Crippen LogP contribution in [0.3, 0.4) is 0 Å². The SMILES string of the molecule is O=c1[nH]c2ccc(-c3ccn[nH]3)cc2c(O)c1-c1cccs1. The number of benzene rings is 1. The second-order valence-electron chi connectivity index (χ2n) is 4.89. The van der Waals surface area contributed by atoms with Gasteiger partial charge in [0, 0.05) is 22.0 Å². The van der Waals surface area contributed by atoms with Crippen LogP contribution < -0.4 is 5.56 Å². The van der Waals surface area contributed by atoms with Crippen LogP contribution in [0.25, 0.3) is 32.6 Å². The molecule has 4 aromatic rings. The quantitative estimate of drug-likeness (QED) is 0.531. The molecule has 0 atom stereocenters. The van der Waals surface area contributed by atoms with Crippen molar-refractivity contribution in [3.05, 3.63) is 58.3 Å². The minimum atomic E-state index is -0.290. The molecule has 0 unspecified atom stereocenters. The van der Waals surface area contributed by atoms with Crippen LogP contribution in [-0.4, -0.2) is 20.3 Å². The van der Waals surface area contributed by atoms with E-state index >= 15 is 0 Å². The third-order valence-electron chi connectivity index (χ3n) is 3.57. The number of H-pyrrole nitrogens is 2. The van der Waals surface area contributed by atoms with Crippen molar-refractivity contribution in [3.63, 3.8) is 0 Å². The minimum Gasteiger partial charge on any atom is -0.506 e. The van der Waals surface area contributed by atoms with Gasteiger partial charge in [0.05, 0.1) is 16.8 Å². The molecule has 1 aromatic carbocycles. The summed E-state index contributed by atoms with van der Waals surface area (Å²) in [5.74, 6) is 0.00238. The van der Waals surface area contributed by atoms with Gasteiger partial charge in [-0.3, -0.25) is 9.89 Å². The van der Waals surface area contributed by atoms with Gasteiger partial charge in [0.15, 0.2) is 0 Å². The van der Waals surface area contributed by atoms with Gasteiger partial charge in [-0.25, -0.2) is 0 Å². The van der Waals surface area contributed by atoms with Gasteiger partial charge in [-0.1, -0.05) is 12.1 Å². The average Bonchev–Trinajstić information content (AvgIpc) is 3.20. The lowest BCUT2D eigenvalue weighted by Crippen LogP contribution is -2.08. The van der Waals surface area contributed by atoms with Crippen LogP contribution in [0.1, 0.15) is 0 Å². The molecule has 0 amide bonds. The Kier molecular flexibility index (Phi) is 2.83. The Morgan fingerprint density at radius 2 is 2.09 bits per heavy atom. The minimum absolute atomic E-state index is 0.00238. The van der Waals surface area contributed by atoms with Gasteiger partial charge in [-0.15, -0.1) is 11.3 Å². The Labute approximate surface area is 128 Å². The first kappa shape index (κ1) is 12.8. The highest BCUT2D eigenvalue weighted by Gasteiger charge is 2.15. The van der Waals surface area contributed by atoms with Crippen LogP contribution in [-0.2, 0) is 0 Å². The van der Waals surface area contributed by atoms with Gasteiger partial charge in [0.1, 0.15) is 5.75 Å². The predicted molar refractivity (Wildman–Crippen MR) is 87.1 cm³/mol. The first-order chi connectivity index (χ1) is 10.7. The van der Waals surface area contributed by atoms with E-state index in [0.717, 1.165) is 16.1 Å². The van der Waals surface area contributed by atoms with Gasteiger partial charge >= 0.3 is 0 Å². The predicted octanol–water partition coefficient (Wildman–Crippen LogP) is 3.35. The van der Waals surface area contributed by atoms with E-state index in [1.54, 1.807) is 12.3 Å². The number of aromatic nitrogens is 3. The number of nitrogens with zero attached hydrogens (tertiary/aromatic N) is 1. The highest BCUT2D eigenvalue weighted by atomic mass is 32.1. The Hall–Kier alpha value is -2.86. The molecule has 3 aromatic heterocycles. The molecule has 0 saturated heterocycles. The molecule has 4 rings (SSSR count). The van der Waals surface area contributed by atoms with E-state index in [2.05, 4.69) is 15.2 Å². The van der Waals surface area contributed by atoms with Gasteiger partial charge < -0.3 is 10.1 Å². The third kappa shape index (κ3) is 1.93. The van der Waals surface area contributed by atoms with E-state index in [1.807, 2.05) is 35.7 Å². The van der Waals surface area contributed by atoms with Crippen LogP contribution in [0.15, 0.2) is 52.8 Å². The summed E-state index contributed by atoms with van der Waals surface area (Å²) in [6, 6.07) is 11.0. The van der Waals surface area contributed by atoms with Crippen molar-refractivity contribution >= 4 is 22.2 Å². The molecular formula is C16H11N3O2S. The largest absolute Gasteiger partial charge is 0.506 e. The van der Waals surface area contributed by atoms with Gasteiger partial charge in [-0.2, -0.15) is 5.10 Å². The topological polar surface area (TPSA) is 81.8 Å². The standard InChI is InChI=1S/C16H11N3O2S/c20-15-10-8-9(11-5-6-17-19-11)3-4-12(10)18-16(21)14(15)13-2-1-7-22-13/h1-8H,(H,17,19)(H2,18,20,21). The van der Waals surface area contributed by atoms with Crippen molar-refractivity contribution in [1.29, 1.82) is 0 Å². The zero-order chi connectivity index (χ0) is 15.1. The second kappa shape index (κ2) is 4.85. The number of aromatic hydroxyl groups is 1. The molecule has 0 fully saturated rings. The van der Waals surface area contributed by atoms with E-state index in [-0.39, 0.29) is 11.3 Å². The molecule has 0 bridgehead atoms. The van der Waals surface area contributed by atoms with Gasteiger partial charge in [0.2, 0.25) is 0 Å². The van der Waals surface area contributed by atoms with E-state index in [0.29, 0.717) is 16.5 Å². The fourth-order valence-corrected chi connectivity index (χ4v) is 3.28. The molecule has 0 aliphatic rings. The highest BCUT2D eigenvalue weighted by molar-refractivity contribution is 7.13. The molecule has 0 saturated carbocycles. The normalized spacial score (nSPS) is 11.1. The highest BCUT2D eigenvalue weighted by Crippen LogP contribution is 2.35. The summed E-state index contributed by atoms with van der Waals surface area (Å²) < 4.78 is 0. The average molecular weight is 309 g/mol. The molecule has 3 N–H and O–H groups in total. The molecule has 0 aliphatic carbocycles. The maximum absolute atomic E-state index is 12.2. The Morgan fingerprint density at radius 3 is 2.82 bits per heavy atom. The zero-order valence-electron chi connectivity index (χ0n) is 11.3. The van der Waals surface area contributed by atoms with Crippen LogP contribution in [0.5, 0.6) is 5.75 Å². The molecule has 6 heteroatoms. The summed E-state index contributed by atoms with van der Waals surface area (Å²) in [6.45, 7) is 0. The number of rotatable bonds is 2. The monoisotopic (exact) mass is 309 g/mol. The molecule has 5 nitrogen and oxygen atoms in total. The van der Waals surface area contributed by atoms with Gasteiger partial charge in [-0.05, 0) is 29.6 Å². The second-order valence-corrected chi connectivity index (χ2v) is 5.83. The summed E-state index contributed by atoms with van der Waals surface area (Å²) in [7, 11) is 0. The molecular weight excluding hydrogens is 298 g/mol. The Morgan fingerprint density at radius 1 is 1.18 bits per heavy atom. The molecule has 108 valence electrons. The number of fused-ring (bicyclic) bond motifs is 1. The number of aromatic amines is 2. The van der Waals surface area contributed by atoms with Crippen LogP contribution >= 0.6 is 11.3 Å². The molecule has 0 spiro atoms. The van der Waals surface area contributed by atoms with E-state index in [9.17, 15) is 9.90 Å². The summed E-state index contributed by atoms with van der Waals surface area (Å²) in [5, 5.41) is 19.9. The number of nitrogens with one attached hydrogen (secondary N) is 2. The van der Waals surface area contributed by atoms with Crippen molar-refractivity contribution in [1.82, 2.24) is 15.2 Å². The lowest BCUT2D eigenvalue weighted by molar-refractivity contribution is 0.483. The van der Waals surface area contributed by atoms with E-state index < -0.39 is 0 Å². The maximum atomic E-state index is 12.2. The molecule has 0 aliphatic heterocycles. The van der Waals surface area contributed by atoms with E-state index in [4.69, 9.17) is 0 Å². The fraction of sp³-hybridized carbons (Fsp3) is 0. The summed E-state index contributed by atoms with van der Waals surface area (Å²) in [6.07, 6.45) is 1.67. The first-order valence-corrected chi connectivity index (χ1v) is 7.54. The molecule has 22 heavy (non-hydrogen) atoms. The van der Waals surface area contributed by atoms with Crippen molar-refractivity contribution in [2.24, 2.45) is 0 Å². The summed E-state index contributed by atoms with van der Waals surface area (Å²) >= 11 is 1.42. The van der Waals surface area contributed by atoms with Crippen molar-refractivity contribution in [2.45, 2.75) is 0 Å². The lowest BCUT2D eigenvalue weighted by Gasteiger charge is -2.07. The smallest absolute Gasteiger partial charge is 0.260 e. The summed E-state index contributed by atoms with van der Waals surface area (Å²) in [5.41, 5.74) is 2.37. The summed E-state index contributed by atoms with van der Waals surface area (Å²) in [4.78, 5) is 15.8. The molecule has 0 radical (unpaired) electrons. The lowest BCUT2D eigenvalue weighted by atomic mass is 10.1. The van der Waals surface area contributed by atoms with Crippen molar-refractivity contribution < 1.29 is 5.11 Å². The van der Waals surface area contributed by atoms with Crippen LogP contribution in [0.4, 0.5) is 0 Å². The van der Waals surface area contributed by atoms with Crippen molar-refractivity contribution in [2.75, 3.05) is 0 Å². The Balaban J connectivity index is 2.02. The van der Waals surface area contributed by atoms with Crippen molar-refractivity contribution in [3.8, 4) is 27.4 Å². The third-order valence-corrected chi connectivity index (χ3v) is 4.45. The number of hydrogen-bond acceptors (Lipinski definition) is 4.